The number of hydrogen-bond acceptors (Lipinski definition) is 6. The molecule has 31 heavy (non-hydrogen) atoms. The van der Waals surface area contributed by atoms with Crippen LogP contribution in [-0.4, -0.2) is 59.8 Å². The average Bonchev–Trinajstić information content (AvgIpc) is 2.82. The maximum Gasteiger partial charge on any atom is 0.226 e. The predicted molar refractivity (Wildman–Crippen MR) is 120 cm³/mol. The Morgan fingerprint density at radius 3 is 2.58 bits per heavy atom. The van der Waals surface area contributed by atoms with Crippen LogP contribution < -0.4 is 9.64 Å². The second-order valence-corrected chi connectivity index (χ2v) is 8.70. The number of carbonyl (C=O) groups excluding carboxylic acids is 2. The second-order valence-electron chi connectivity index (χ2n) is 8.70. The molecule has 0 saturated carbocycles. The Morgan fingerprint density at radius 1 is 1.10 bits per heavy atom. The van der Waals surface area contributed by atoms with Gasteiger partial charge in [-0.1, -0.05) is 6.92 Å². The predicted octanol–water partition coefficient (Wildman–Crippen LogP) is 3.38. The number of rotatable bonds is 5. The average molecular weight is 425 g/mol. The number of hydrogen-bond donors (Lipinski definition) is 0. The van der Waals surface area contributed by atoms with Crippen LogP contribution in [0.1, 0.15) is 44.7 Å². The van der Waals surface area contributed by atoms with Crippen LogP contribution in [0.2, 0.25) is 0 Å². The zero-order valence-corrected chi connectivity index (χ0v) is 18.8. The molecule has 2 aliphatic heterocycles. The first kappa shape index (κ1) is 21.5. The normalized spacial score (nSPS) is 20.2. The summed E-state index contributed by atoms with van der Waals surface area (Å²) in [5.74, 6) is 2.04. The van der Waals surface area contributed by atoms with E-state index in [0.717, 1.165) is 73.6 Å². The molecule has 0 bridgehead atoms. The summed E-state index contributed by atoms with van der Waals surface area (Å²) in [6.45, 7) is 6.81. The van der Waals surface area contributed by atoms with E-state index in [1.807, 2.05) is 36.9 Å². The molecule has 0 aliphatic carbocycles. The Morgan fingerprint density at radius 2 is 1.87 bits per heavy atom. The van der Waals surface area contributed by atoms with E-state index in [0.29, 0.717) is 13.0 Å². The van der Waals surface area contributed by atoms with Gasteiger partial charge >= 0.3 is 0 Å². The van der Waals surface area contributed by atoms with Gasteiger partial charge in [0.1, 0.15) is 11.5 Å². The molecule has 4 rings (SSSR count). The molecule has 1 aromatic carbocycles. The summed E-state index contributed by atoms with van der Waals surface area (Å²) in [6, 6.07) is 5.86. The van der Waals surface area contributed by atoms with E-state index in [9.17, 15) is 9.59 Å². The molecule has 1 amide bonds. The van der Waals surface area contributed by atoms with Crippen LogP contribution in [0, 0.1) is 18.8 Å². The molecule has 0 N–H and O–H groups in total. The SMILES string of the molecule is CCC(=O)C1CCCN(C(=O)C2CCN(c3nc(C)c4ccc(OC)cc4n3)CC2)C1. The highest BCUT2D eigenvalue weighted by Crippen LogP contribution is 2.28. The van der Waals surface area contributed by atoms with Gasteiger partial charge in [-0.2, -0.15) is 0 Å². The van der Waals surface area contributed by atoms with Crippen molar-refractivity contribution in [2.45, 2.75) is 46.0 Å². The van der Waals surface area contributed by atoms with Crippen molar-refractivity contribution in [3.05, 3.63) is 23.9 Å². The fourth-order valence-electron chi connectivity index (χ4n) is 4.83. The van der Waals surface area contributed by atoms with E-state index in [1.165, 1.54) is 0 Å². The number of anilines is 1. The Labute approximate surface area is 183 Å². The fourth-order valence-corrected chi connectivity index (χ4v) is 4.83. The lowest BCUT2D eigenvalue weighted by Gasteiger charge is -2.37. The van der Waals surface area contributed by atoms with Crippen molar-refractivity contribution in [1.29, 1.82) is 0 Å². The van der Waals surface area contributed by atoms with E-state index in [4.69, 9.17) is 14.7 Å². The Kier molecular flexibility index (Phi) is 6.39. The van der Waals surface area contributed by atoms with Gasteiger partial charge in [0.2, 0.25) is 11.9 Å². The van der Waals surface area contributed by atoms with Crippen molar-refractivity contribution in [3.63, 3.8) is 0 Å². The van der Waals surface area contributed by atoms with Gasteiger partial charge in [-0.05, 0) is 44.7 Å². The first-order valence-corrected chi connectivity index (χ1v) is 11.4. The number of fused-ring (bicyclic) bond motifs is 1. The molecule has 2 aliphatic rings. The molecule has 3 heterocycles. The number of aryl methyl sites for hydroxylation is 1. The molecular formula is C24H32N4O3. The number of aromatic nitrogens is 2. The van der Waals surface area contributed by atoms with Crippen molar-refractivity contribution in [2.24, 2.45) is 11.8 Å². The zero-order valence-electron chi connectivity index (χ0n) is 18.8. The van der Waals surface area contributed by atoms with Crippen molar-refractivity contribution >= 4 is 28.5 Å². The third-order valence-corrected chi connectivity index (χ3v) is 6.75. The van der Waals surface area contributed by atoms with Gasteiger partial charge in [-0.3, -0.25) is 9.59 Å². The van der Waals surface area contributed by atoms with Gasteiger partial charge in [0.05, 0.1) is 18.3 Å². The quantitative estimate of drug-likeness (QED) is 0.732. The molecule has 2 saturated heterocycles. The Hall–Kier alpha value is -2.70. The maximum absolute atomic E-state index is 13.1. The zero-order chi connectivity index (χ0) is 22.0. The van der Waals surface area contributed by atoms with Gasteiger partial charge in [-0.15, -0.1) is 0 Å². The van der Waals surface area contributed by atoms with E-state index < -0.39 is 0 Å². The lowest BCUT2D eigenvalue weighted by Crippen LogP contribution is -2.47. The van der Waals surface area contributed by atoms with E-state index in [-0.39, 0.29) is 23.5 Å². The number of methoxy groups -OCH3 is 1. The van der Waals surface area contributed by atoms with Crippen LogP contribution in [0.3, 0.4) is 0 Å². The van der Waals surface area contributed by atoms with Crippen molar-refractivity contribution in [1.82, 2.24) is 14.9 Å². The molecule has 1 atom stereocenters. The second kappa shape index (κ2) is 9.20. The van der Waals surface area contributed by atoms with E-state index in [2.05, 4.69) is 4.90 Å². The molecule has 166 valence electrons. The monoisotopic (exact) mass is 424 g/mol. The van der Waals surface area contributed by atoms with Gasteiger partial charge in [-0.25, -0.2) is 9.97 Å². The number of ketones is 1. The van der Waals surface area contributed by atoms with E-state index in [1.54, 1.807) is 7.11 Å². The minimum atomic E-state index is 0.0216. The van der Waals surface area contributed by atoms with Gasteiger partial charge in [0.15, 0.2) is 0 Å². The third kappa shape index (κ3) is 4.50. The van der Waals surface area contributed by atoms with Crippen LogP contribution in [0.25, 0.3) is 10.9 Å². The van der Waals surface area contributed by atoms with Crippen molar-refractivity contribution in [2.75, 3.05) is 38.2 Å². The summed E-state index contributed by atoms with van der Waals surface area (Å²) in [6.07, 6.45) is 3.98. The van der Waals surface area contributed by atoms with Crippen LogP contribution in [-0.2, 0) is 9.59 Å². The number of amides is 1. The van der Waals surface area contributed by atoms with Crippen LogP contribution >= 0.6 is 0 Å². The molecule has 2 aromatic rings. The summed E-state index contributed by atoms with van der Waals surface area (Å²) in [4.78, 5) is 38.8. The number of likely N-dealkylation sites (tertiary alicyclic amines) is 1. The number of Topliss-reactive ketones (excluding diaryl/α,β-unsaturated/α-hetero) is 1. The lowest BCUT2D eigenvalue weighted by molar-refractivity contribution is -0.139. The highest BCUT2D eigenvalue weighted by molar-refractivity contribution is 5.84. The number of carbonyl (C=O) groups is 2. The number of nitrogens with zero attached hydrogens (tertiary/aromatic N) is 4. The summed E-state index contributed by atoms with van der Waals surface area (Å²) in [7, 11) is 1.65. The van der Waals surface area contributed by atoms with Crippen LogP contribution in [0.4, 0.5) is 5.95 Å². The molecule has 2 fully saturated rings. The molecule has 0 spiro atoms. The topological polar surface area (TPSA) is 75.6 Å². The summed E-state index contributed by atoms with van der Waals surface area (Å²) >= 11 is 0. The van der Waals surface area contributed by atoms with Gasteiger partial charge in [0.25, 0.3) is 0 Å². The first-order chi connectivity index (χ1) is 15.0. The minimum absolute atomic E-state index is 0.0216. The van der Waals surface area contributed by atoms with Gasteiger partial charge < -0.3 is 14.5 Å². The third-order valence-electron chi connectivity index (χ3n) is 6.75. The maximum atomic E-state index is 13.1. The summed E-state index contributed by atoms with van der Waals surface area (Å²) in [5, 5.41) is 1.02. The number of piperidine rings is 2. The van der Waals surface area contributed by atoms with Crippen LogP contribution in [0.15, 0.2) is 18.2 Å². The van der Waals surface area contributed by atoms with Gasteiger partial charge in [0, 0.05) is 55.9 Å². The highest BCUT2D eigenvalue weighted by Gasteiger charge is 2.33. The lowest BCUT2D eigenvalue weighted by atomic mass is 9.90. The molecule has 0 radical (unpaired) electrons. The van der Waals surface area contributed by atoms with Crippen molar-refractivity contribution < 1.29 is 14.3 Å². The molecule has 7 nitrogen and oxygen atoms in total. The molecular weight excluding hydrogens is 392 g/mol. The first-order valence-electron chi connectivity index (χ1n) is 11.4. The van der Waals surface area contributed by atoms with Crippen molar-refractivity contribution in [3.8, 4) is 5.75 Å². The molecule has 7 heteroatoms. The summed E-state index contributed by atoms with van der Waals surface area (Å²) in [5.41, 5.74) is 1.82. The highest BCUT2D eigenvalue weighted by atomic mass is 16.5. The fraction of sp³-hybridized carbons (Fsp3) is 0.583. The number of benzene rings is 1. The molecule has 1 aromatic heterocycles. The summed E-state index contributed by atoms with van der Waals surface area (Å²) < 4.78 is 5.34. The Bertz CT molecular complexity index is 969. The van der Waals surface area contributed by atoms with E-state index >= 15 is 0 Å². The van der Waals surface area contributed by atoms with Crippen LogP contribution in [0.5, 0.6) is 5.75 Å². The minimum Gasteiger partial charge on any atom is -0.497 e. The largest absolute Gasteiger partial charge is 0.497 e. The molecule has 1 unspecified atom stereocenters. The standard InChI is InChI=1S/C24H32N4O3/c1-4-22(29)18-6-5-11-28(15-18)23(30)17-9-12-27(13-10-17)24-25-16(2)20-8-7-19(31-3)14-21(20)26-24/h7-8,14,17-18H,4-6,9-13,15H2,1-3H3. The Balaban J connectivity index is 1.41. The number of ether oxygens (including phenoxy) is 1. The smallest absolute Gasteiger partial charge is 0.226 e.